The lowest BCUT2D eigenvalue weighted by atomic mass is 10.1. The lowest BCUT2D eigenvalue weighted by Crippen LogP contribution is -2.33. The van der Waals surface area contributed by atoms with Gasteiger partial charge in [0.25, 0.3) is 5.91 Å². The lowest BCUT2D eigenvalue weighted by Gasteiger charge is -2.15. The molecule has 0 aliphatic heterocycles. The molecular weight excluding hydrogens is 460 g/mol. The molecule has 0 spiro atoms. The first-order chi connectivity index (χ1) is 18.0. The number of aryl methyl sites for hydroxylation is 2. The van der Waals surface area contributed by atoms with Gasteiger partial charge in [-0.1, -0.05) is 72.8 Å². The van der Waals surface area contributed by atoms with Crippen LogP contribution in [0, 0.1) is 6.92 Å². The van der Waals surface area contributed by atoms with E-state index in [1.807, 2.05) is 91.2 Å². The van der Waals surface area contributed by atoms with E-state index in [1.165, 1.54) is 5.56 Å². The molecule has 6 nitrogen and oxygen atoms in total. The van der Waals surface area contributed by atoms with Crippen molar-refractivity contribution in [3.8, 4) is 28.1 Å². The van der Waals surface area contributed by atoms with Crippen molar-refractivity contribution in [1.29, 1.82) is 0 Å². The molecule has 0 bridgehead atoms. The van der Waals surface area contributed by atoms with Gasteiger partial charge in [-0.05, 0) is 56.0 Å². The summed E-state index contributed by atoms with van der Waals surface area (Å²) in [4.78, 5) is 18.3. The minimum atomic E-state index is -0.211. The van der Waals surface area contributed by atoms with Crippen LogP contribution in [0.5, 0.6) is 5.75 Å². The highest BCUT2D eigenvalue weighted by Crippen LogP contribution is 2.34. The molecule has 0 unspecified atom stereocenters. The largest absolute Gasteiger partial charge is 0.496 e. The van der Waals surface area contributed by atoms with E-state index in [0.29, 0.717) is 17.1 Å². The van der Waals surface area contributed by atoms with Crippen LogP contribution in [0.2, 0.25) is 0 Å². The van der Waals surface area contributed by atoms with Crippen LogP contribution in [0.25, 0.3) is 28.0 Å². The van der Waals surface area contributed by atoms with E-state index in [0.717, 1.165) is 40.9 Å². The highest BCUT2D eigenvalue weighted by Gasteiger charge is 2.22. The number of methoxy groups -OCH3 is 1. The molecule has 0 saturated carbocycles. The van der Waals surface area contributed by atoms with Gasteiger partial charge in [0.2, 0.25) is 0 Å². The van der Waals surface area contributed by atoms with Crippen LogP contribution >= 0.6 is 0 Å². The van der Waals surface area contributed by atoms with Gasteiger partial charge in [0, 0.05) is 17.2 Å². The number of aromatic nitrogens is 3. The van der Waals surface area contributed by atoms with Gasteiger partial charge in [0.05, 0.1) is 18.5 Å². The number of ether oxygens (including phenoxy) is 1. The van der Waals surface area contributed by atoms with Gasteiger partial charge >= 0.3 is 0 Å². The van der Waals surface area contributed by atoms with Crippen molar-refractivity contribution in [1.82, 2.24) is 19.9 Å². The molecule has 5 rings (SSSR count). The molecule has 3 aromatic carbocycles. The number of nitrogens with one attached hydrogen (secondary N) is 1. The second-order valence-electron chi connectivity index (χ2n) is 9.19. The van der Waals surface area contributed by atoms with Crippen molar-refractivity contribution >= 4 is 11.6 Å². The van der Waals surface area contributed by atoms with E-state index >= 15 is 0 Å². The fraction of sp³-hybridized carbons (Fsp3) is 0.194. The van der Waals surface area contributed by atoms with Crippen LogP contribution in [-0.2, 0) is 6.42 Å². The molecule has 5 aromatic rings. The molecule has 0 radical (unpaired) electrons. The predicted molar refractivity (Wildman–Crippen MR) is 147 cm³/mol. The Balaban J connectivity index is 1.56. The molecule has 186 valence electrons. The standard InChI is InChI=1S/C31H30N4O2/c1-21(18-19-23-12-6-4-7-13-23)32-31(36)26-20-27(25-16-10-11-17-28(25)37-3)35-30(33-26)29(22(2)34-35)24-14-8-5-9-15-24/h4-17,20-21H,18-19H2,1-3H3,(H,32,36)/t21-/m1/s1. The number of amides is 1. The van der Waals surface area contributed by atoms with Crippen LogP contribution in [0.4, 0.5) is 0 Å². The molecule has 0 aliphatic carbocycles. The third-order valence-electron chi connectivity index (χ3n) is 6.53. The zero-order valence-electron chi connectivity index (χ0n) is 21.3. The van der Waals surface area contributed by atoms with E-state index in [2.05, 4.69) is 17.4 Å². The summed E-state index contributed by atoms with van der Waals surface area (Å²) in [7, 11) is 1.64. The van der Waals surface area contributed by atoms with Gasteiger partial charge in [0.15, 0.2) is 5.65 Å². The fourth-order valence-electron chi connectivity index (χ4n) is 4.63. The molecule has 2 aromatic heterocycles. The van der Waals surface area contributed by atoms with Crippen molar-refractivity contribution in [3.05, 3.63) is 108 Å². The van der Waals surface area contributed by atoms with Gasteiger partial charge in [-0.15, -0.1) is 0 Å². The molecule has 6 heteroatoms. The summed E-state index contributed by atoms with van der Waals surface area (Å²) in [5.74, 6) is 0.490. The topological polar surface area (TPSA) is 68.5 Å². The highest BCUT2D eigenvalue weighted by molar-refractivity contribution is 5.95. The average Bonchev–Trinajstić information content (AvgIpc) is 3.28. The summed E-state index contributed by atoms with van der Waals surface area (Å²) in [6.07, 6.45) is 1.72. The Morgan fingerprint density at radius 1 is 0.973 bits per heavy atom. The van der Waals surface area contributed by atoms with Gasteiger partial charge in [-0.25, -0.2) is 9.50 Å². The summed E-state index contributed by atoms with van der Waals surface area (Å²) in [6, 6.07) is 29.9. The molecule has 1 amide bonds. The number of benzene rings is 3. The third-order valence-corrected chi connectivity index (χ3v) is 6.53. The second kappa shape index (κ2) is 10.7. The minimum Gasteiger partial charge on any atom is -0.496 e. The number of nitrogens with zero attached hydrogens (tertiary/aromatic N) is 3. The van der Waals surface area contributed by atoms with Crippen molar-refractivity contribution in [3.63, 3.8) is 0 Å². The Morgan fingerprint density at radius 3 is 2.38 bits per heavy atom. The molecule has 0 fully saturated rings. The molecule has 2 heterocycles. The molecule has 37 heavy (non-hydrogen) atoms. The zero-order chi connectivity index (χ0) is 25.8. The van der Waals surface area contributed by atoms with Gasteiger partial charge in [-0.2, -0.15) is 5.10 Å². The Bertz CT molecular complexity index is 1530. The van der Waals surface area contributed by atoms with Crippen LogP contribution in [0.15, 0.2) is 91.0 Å². The number of para-hydroxylation sites is 1. The predicted octanol–water partition coefficient (Wildman–Crippen LogP) is 6.13. The van der Waals surface area contributed by atoms with E-state index in [1.54, 1.807) is 13.2 Å². The van der Waals surface area contributed by atoms with Crippen LogP contribution in [-0.4, -0.2) is 33.7 Å². The van der Waals surface area contributed by atoms with Gasteiger partial charge < -0.3 is 10.1 Å². The summed E-state index contributed by atoms with van der Waals surface area (Å²) in [5, 5.41) is 7.97. The molecule has 0 saturated heterocycles. The first-order valence-electron chi connectivity index (χ1n) is 12.5. The Morgan fingerprint density at radius 2 is 1.65 bits per heavy atom. The SMILES string of the molecule is COc1ccccc1-c1cc(C(=O)N[C@H](C)CCc2ccccc2)nc2c(-c3ccccc3)c(C)nn12. The number of carbonyl (C=O) groups excluding carboxylic acids is 1. The van der Waals surface area contributed by atoms with Crippen LogP contribution in [0.1, 0.15) is 35.1 Å². The maximum Gasteiger partial charge on any atom is 0.270 e. The maximum atomic E-state index is 13.5. The first kappa shape index (κ1) is 24.3. The summed E-state index contributed by atoms with van der Waals surface area (Å²) in [6.45, 7) is 3.99. The van der Waals surface area contributed by atoms with Crippen molar-refractivity contribution in [2.75, 3.05) is 7.11 Å². The number of hydrogen-bond donors (Lipinski definition) is 1. The lowest BCUT2D eigenvalue weighted by molar-refractivity contribution is 0.0933. The quantitative estimate of drug-likeness (QED) is 0.284. The van der Waals surface area contributed by atoms with Gasteiger partial charge in [-0.3, -0.25) is 4.79 Å². The average molecular weight is 491 g/mol. The second-order valence-corrected chi connectivity index (χ2v) is 9.19. The van der Waals surface area contributed by atoms with Crippen molar-refractivity contribution < 1.29 is 9.53 Å². The summed E-state index contributed by atoms with van der Waals surface area (Å²) >= 11 is 0. The third kappa shape index (κ3) is 5.09. The van der Waals surface area contributed by atoms with Crippen LogP contribution < -0.4 is 10.1 Å². The fourth-order valence-corrected chi connectivity index (χ4v) is 4.63. The highest BCUT2D eigenvalue weighted by atomic mass is 16.5. The molecule has 1 atom stereocenters. The minimum absolute atomic E-state index is 0.0133. The van der Waals surface area contributed by atoms with E-state index in [-0.39, 0.29) is 11.9 Å². The van der Waals surface area contributed by atoms with Crippen LogP contribution in [0.3, 0.4) is 0 Å². The zero-order valence-corrected chi connectivity index (χ0v) is 21.3. The number of rotatable bonds is 8. The first-order valence-corrected chi connectivity index (χ1v) is 12.5. The van der Waals surface area contributed by atoms with Crippen molar-refractivity contribution in [2.45, 2.75) is 32.7 Å². The Hall–Kier alpha value is -4.45. The molecular formula is C31H30N4O2. The number of hydrogen-bond acceptors (Lipinski definition) is 4. The Kier molecular flexibility index (Phi) is 6.99. The molecule has 0 aliphatic rings. The molecule has 1 N–H and O–H groups in total. The monoisotopic (exact) mass is 490 g/mol. The maximum absolute atomic E-state index is 13.5. The van der Waals surface area contributed by atoms with E-state index < -0.39 is 0 Å². The smallest absolute Gasteiger partial charge is 0.270 e. The summed E-state index contributed by atoms with van der Waals surface area (Å²) in [5.41, 5.74) is 6.56. The van der Waals surface area contributed by atoms with Gasteiger partial charge in [0.1, 0.15) is 11.4 Å². The number of carbonyl (C=O) groups is 1. The normalized spacial score (nSPS) is 11.9. The Labute approximate surface area is 217 Å². The van der Waals surface area contributed by atoms with Crippen molar-refractivity contribution in [2.24, 2.45) is 0 Å². The number of fused-ring (bicyclic) bond motifs is 1. The van der Waals surface area contributed by atoms with E-state index in [9.17, 15) is 4.79 Å². The van der Waals surface area contributed by atoms with E-state index in [4.69, 9.17) is 14.8 Å². The summed E-state index contributed by atoms with van der Waals surface area (Å²) < 4.78 is 7.46.